The van der Waals surface area contributed by atoms with E-state index in [-0.39, 0.29) is 25.5 Å². The van der Waals surface area contributed by atoms with Crippen LogP contribution in [0.25, 0.3) is 0 Å². The number of nitrogens with zero attached hydrogens (tertiary/aromatic N) is 2. The fourth-order valence-electron chi connectivity index (χ4n) is 1.49. The molecule has 7 heteroatoms. The van der Waals surface area contributed by atoms with Crippen molar-refractivity contribution in [1.82, 2.24) is 15.1 Å². The van der Waals surface area contributed by atoms with Crippen LogP contribution in [0.3, 0.4) is 0 Å². The van der Waals surface area contributed by atoms with E-state index >= 15 is 0 Å². The van der Waals surface area contributed by atoms with Crippen molar-refractivity contribution in [3.63, 3.8) is 0 Å². The minimum atomic E-state index is -1.16. The molecule has 1 rings (SSSR count). The Labute approximate surface area is 98.4 Å². The fourth-order valence-corrected chi connectivity index (χ4v) is 1.49. The molecule has 1 aliphatic rings. The molecule has 0 radical (unpaired) electrons. The number of hydrogen-bond donors (Lipinski definition) is 2. The largest absolute Gasteiger partial charge is 0.480 e. The van der Waals surface area contributed by atoms with E-state index in [9.17, 15) is 14.4 Å². The molecule has 0 aromatic rings. The van der Waals surface area contributed by atoms with Crippen molar-refractivity contribution < 1.29 is 19.5 Å². The molecule has 7 nitrogen and oxygen atoms in total. The van der Waals surface area contributed by atoms with Gasteiger partial charge in [0, 0.05) is 13.6 Å². The SMILES string of the molecule is C#CCN(C)C(=O)N1CC(=O)NCC1C(=O)O. The summed E-state index contributed by atoms with van der Waals surface area (Å²) in [6.45, 7) is -0.308. The lowest BCUT2D eigenvalue weighted by Gasteiger charge is -2.34. The van der Waals surface area contributed by atoms with Crippen LogP contribution in [0.1, 0.15) is 0 Å². The predicted molar refractivity (Wildman–Crippen MR) is 58.0 cm³/mol. The number of urea groups is 1. The van der Waals surface area contributed by atoms with Gasteiger partial charge >= 0.3 is 12.0 Å². The Morgan fingerprint density at radius 1 is 1.71 bits per heavy atom. The average Bonchev–Trinajstić information content (AvgIpc) is 2.27. The summed E-state index contributed by atoms with van der Waals surface area (Å²) in [6, 6.07) is -1.62. The summed E-state index contributed by atoms with van der Waals surface area (Å²) in [6.07, 6.45) is 5.06. The van der Waals surface area contributed by atoms with E-state index in [1.807, 2.05) is 0 Å². The molecule has 0 spiro atoms. The Morgan fingerprint density at radius 3 is 2.88 bits per heavy atom. The van der Waals surface area contributed by atoms with Crippen molar-refractivity contribution in [2.75, 3.05) is 26.7 Å². The first-order valence-corrected chi connectivity index (χ1v) is 4.92. The number of amides is 3. The highest BCUT2D eigenvalue weighted by molar-refractivity contribution is 5.90. The van der Waals surface area contributed by atoms with E-state index < -0.39 is 18.0 Å². The molecule has 0 aromatic heterocycles. The summed E-state index contributed by atoms with van der Waals surface area (Å²) >= 11 is 0. The normalized spacial score (nSPS) is 19.2. The third-order valence-electron chi connectivity index (χ3n) is 2.37. The van der Waals surface area contributed by atoms with Gasteiger partial charge in [-0.15, -0.1) is 6.42 Å². The number of nitrogens with one attached hydrogen (secondary N) is 1. The second-order valence-electron chi connectivity index (χ2n) is 3.63. The minimum Gasteiger partial charge on any atom is -0.480 e. The lowest BCUT2D eigenvalue weighted by molar-refractivity contribution is -0.144. The van der Waals surface area contributed by atoms with Gasteiger partial charge < -0.3 is 15.3 Å². The van der Waals surface area contributed by atoms with Crippen LogP contribution in [-0.4, -0.2) is 65.5 Å². The summed E-state index contributed by atoms with van der Waals surface area (Å²) in [5.41, 5.74) is 0. The van der Waals surface area contributed by atoms with Crippen molar-refractivity contribution >= 4 is 17.9 Å². The van der Waals surface area contributed by atoms with Gasteiger partial charge in [0.05, 0.1) is 6.54 Å². The highest BCUT2D eigenvalue weighted by Crippen LogP contribution is 2.07. The van der Waals surface area contributed by atoms with E-state index in [0.29, 0.717) is 0 Å². The van der Waals surface area contributed by atoms with Gasteiger partial charge in [-0.3, -0.25) is 9.69 Å². The van der Waals surface area contributed by atoms with Crippen LogP contribution in [0, 0.1) is 12.3 Å². The molecule has 0 aliphatic carbocycles. The Morgan fingerprint density at radius 2 is 2.35 bits per heavy atom. The maximum atomic E-state index is 11.9. The van der Waals surface area contributed by atoms with Gasteiger partial charge in [-0.05, 0) is 0 Å². The van der Waals surface area contributed by atoms with Crippen molar-refractivity contribution in [2.24, 2.45) is 0 Å². The monoisotopic (exact) mass is 239 g/mol. The first kappa shape index (κ1) is 12.8. The third-order valence-corrected chi connectivity index (χ3v) is 2.37. The molecule has 2 N–H and O–H groups in total. The number of terminal acetylenes is 1. The number of hydrogen-bond acceptors (Lipinski definition) is 3. The van der Waals surface area contributed by atoms with Gasteiger partial charge in [0.1, 0.15) is 12.6 Å². The van der Waals surface area contributed by atoms with Crippen molar-refractivity contribution in [3.05, 3.63) is 0 Å². The smallest absolute Gasteiger partial charge is 0.328 e. The third kappa shape index (κ3) is 2.87. The van der Waals surface area contributed by atoms with Crippen LogP contribution in [0.2, 0.25) is 0 Å². The topological polar surface area (TPSA) is 90.0 Å². The van der Waals surface area contributed by atoms with E-state index in [1.54, 1.807) is 0 Å². The van der Waals surface area contributed by atoms with E-state index in [0.717, 1.165) is 4.90 Å². The Kier molecular flexibility index (Phi) is 3.93. The van der Waals surface area contributed by atoms with Crippen molar-refractivity contribution in [2.45, 2.75) is 6.04 Å². The molecule has 0 aromatic carbocycles. The number of carbonyl (C=O) groups is 3. The lowest BCUT2D eigenvalue weighted by atomic mass is 10.2. The van der Waals surface area contributed by atoms with E-state index in [1.165, 1.54) is 11.9 Å². The highest BCUT2D eigenvalue weighted by Gasteiger charge is 2.36. The predicted octanol–water partition coefficient (Wildman–Crippen LogP) is -1.44. The zero-order valence-corrected chi connectivity index (χ0v) is 9.34. The van der Waals surface area contributed by atoms with Crippen LogP contribution >= 0.6 is 0 Å². The van der Waals surface area contributed by atoms with Gasteiger partial charge in [-0.1, -0.05) is 5.92 Å². The molecule has 3 amide bonds. The minimum absolute atomic E-state index is 0.0588. The first-order chi connectivity index (χ1) is 7.97. The second kappa shape index (κ2) is 5.21. The molecule has 92 valence electrons. The fraction of sp³-hybridized carbons (Fsp3) is 0.500. The van der Waals surface area contributed by atoms with Gasteiger partial charge in [-0.2, -0.15) is 0 Å². The number of aliphatic carboxylic acids is 1. The van der Waals surface area contributed by atoms with Crippen molar-refractivity contribution in [1.29, 1.82) is 0 Å². The second-order valence-corrected chi connectivity index (χ2v) is 3.63. The maximum Gasteiger partial charge on any atom is 0.328 e. The van der Waals surface area contributed by atoms with Crippen LogP contribution in [0.5, 0.6) is 0 Å². The standard InChI is InChI=1S/C10H13N3O4/c1-3-4-12(2)10(17)13-6-8(14)11-5-7(13)9(15)16/h1,7H,4-6H2,2H3,(H,11,14)(H,15,16). The quantitative estimate of drug-likeness (QED) is 0.577. The molecular formula is C10H13N3O4. The van der Waals surface area contributed by atoms with Crippen LogP contribution in [0.4, 0.5) is 4.79 Å². The molecule has 0 saturated carbocycles. The molecule has 1 atom stereocenters. The summed E-state index contributed by atoms with van der Waals surface area (Å²) in [5.74, 6) is 0.729. The zero-order valence-electron chi connectivity index (χ0n) is 9.34. The molecule has 0 bridgehead atoms. The summed E-state index contributed by atoms with van der Waals surface area (Å²) in [5, 5.41) is 11.3. The van der Waals surface area contributed by atoms with Crippen LogP contribution < -0.4 is 5.32 Å². The number of carboxylic acid groups (broad SMARTS) is 1. The van der Waals surface area contributed by atoms with Crippen LogP contribution in [0.15, 0.2) is 0 Å². The molecule has 1 saturated heterocycles. The summed E-state index contributed by atoms with van der Waals surface area (Å²) < 4.78 is 0. The van der Waals surface area contributed by atoms with E-state index in [4.69, 9.17) is 11.5 Å². The van der Waals surface area contributed by atoms with Crippen molar-refractivity contribution in [3.8, 4) is 12.3 Å². The number of carboxylic acids is 1. The number of carbonyl (C=O) groups excluding carboxylic acids is 2. The summed E-state index contributed by atoms with van der Waals surface area (Å²) in [4.78, 5) is 36.2. The number of piperazine rings is 1. The van der Waals surface area contributed by atoms with Gasteiger partial charge in [-0.25, -0.2) is 9.59 Å². The Bertz CT molecular complexity index is 388. The average molecular weight is 239 g/mol. The van der Waals surface area contributed by atoms with Gasteiger partial charge in [0.15, 0.2) is 0 Å². The lowest BCUT2D eigenvalue weighted by Crippen LogP contribution is -2.61. The van der Waals surface area contributed by atoms with Gasteiger partial charge in [0.25, 0.3) is 0 Å². The summed E-state index contributed by atoms with van der Waals surface area (Å²) in [7, 11) is 1.45. The Hall–Kier alpha value is -2.23. The van der Waals surface area contributed by atoms with Crippen LogP contribution in [-0.2, 0) is 9.59 Å². The highest BCUT2D eigenvalue weighted by atomic mass is 16.4. The molecule has 1 fully saturated rings. The number of rotatable bonds is 2. The molecule has 1 unspecified atom stereocenters. The molecular weight excluding hydrogens is 226 g/mol. The first-order valence-electron chi connectivity index (χ1n) is 4.92. The van der Waals surface area contributed by atoms with E-state index in [2.05, 4.69) is 11.2 Å². The molecule has 1 aliphatic heterocycles. The van der Waals surface area contributed by atoms with Gasteiger partial charge in [0.2, 0.25) is 5.91 Å². The molecule has 1 heterocycles. The molecule has 17 heavy (non-hydrogen) atoms. The Balaban J connectivity index is 2.82. The maximum absolute atomic E-state index is 11.9. The zero-order chi connectivity index (χ0) is 13.0.